The minimum Gasteiger partial charge on any atom is -0.369 e. The first-order valence-corrected chi connectivity index (χ1v) is 20.5. The van der Waals surface area contributed by atoms with Gasteiger partial charge in [-0.2, -0.15) is 10.2 Å². The molecule has 17 heteroatoms. The predicted molar refractivity (Wildman–Crippen MR) is 247 cm³/mol. The highest BCUT2D eigenvalue weighted by atomic mass is 127. The van der Waals surface area contributed by atoms with Crippen molar-refractivity contribution in [2.45, 2.75) is 13.8 Å². The third-order valence-electron chi connectivity index (χ3n) is 10.4. The Morgan fingerprint density at radius 1 is 0.574 bits per heavy atom. The van der Waals surface area contributed by atoms with Crippen molar-refractivity contribution in [2.24, 2.45) is 0 Å². The molecule has 2 fully saturated rings. The summed E-state index contributed by atoms with van der Waals surface area (Å²) in [5.74, 6) is -0.507. The van der Waals surface area contributed by atoms with E-state index >= 15 is 0 Å². The van der Waals surface area contributed by atoms with Crippen LogP contribution in [0, 0.1) is 40.7 Å². The van der Waals surface area contributed by atoms with Crippen LogP contribution >= 0.6 is 47.4 Å². The quantitative estimate of drug-likeness (QED) is 0.0997. The zero-order valence-corrected chi connectivity index (χ0v) is 37.5. The molecule has 4 aromatic heterocycles. The van der Waals surface area contributed by atoms with E-state index in [9.17, 15) is 17.6 Å². The van der Waals surface area contributed by atoms with Crippen LogP contribution < -0.4 is 9.80 Å². The Balaban J connectivity index is 0.000000224. The van der Waals surface area contributed by atoms with Crippen LogP contribution in [0.3, 0.4) is 0 Å². The van der Waals surface area contributed by atoms with Gasteiger partial charge in [-0.05, 0) is 85.0 Å². The van der Waals surface area contributed by atoms with Gasteiger partial charge in [-0.25, -0.2) is 36.9 Å². The first-order chi connectivity index (χ1) is 28.6. The molecular weight excluding hydrogens is 942 g/mol. The van der Waals surface area contributed by atoms with E-state index < -0.39 is 23.3 Å². The number of benzene rings is 2. The average Bonchev–Trinajstić information content (AvgIpc) is 3.79. The van der Waals surface area contributed by atoms with Crippen LogP contribution in [0.4, 0.5) is 28.9 Å². The number of anilines is 2. The third-order valence-corrected chi connectivity index (χ3v) is 11.2. The number of nitrogens with zero attached hydrogens (tertiary/aromatic N) is 10. The fourth-order valence-electron chi connectivity index (χ4n) is 7.11. The lowest BCUT2D eigenvalue weighted by atomic mass is 10.2. The second kappa shape index (κ2) is 22.3. The fourth-order valence-corrected chi connectivity index (χ4v) is 7.68. The van der Waals surface area contributed by atoms with Gasteiger partial charge in [-0.15, -0.1) is 24.8 Å². The molecule has 61 heavy (non-hydrogen) atoms. The molecule has 0 spiro atoms. The predicted octanol–water partition coefficient (Wildman–Crippen LogP) is 8.83. The van der Waals surface area contributed by atoms with E-state index in [4.69, 9.17) is 0 Å². The maximum atomic E-state index is 13.5. The standard InChI is InChI=1S/C22H22F2IN5.C22H23F2N5.2ClH/c1-16-17(15-27-30(16)22-21(25)5-2-6-26-22)4-3-7-28-8-10-29(11-9-28)20-13-18(23)12-19(24)14-20;1-17-18(16-26-29(17)22-6-2-3-7-25-22)5-4-8-27-9-11-28(12-10-27)21-14-19(23)13-20(24)15-21;;/h2-6,12-15H,7-11H2,1H3;2-7,13-16H,8-12H2,1H3;2*1H/b4-3+;5-4+;;. The molecule has 2 saturated heterocycles. The number of hydrogen-bond acceptors (Lipinski definition) is 8. The smallest absolute Gasteiger partial charge is 0.167 e. The monoisotopic (exact) mass is 988 g/mol. The molecule has 0 atom stereocenters. The van der Waals surface area contributed by atoms with Crippen molar-refractivity contribution in [3.8, 4) is 11.6 Å². The molecule has 2 aliphatic rings. The summed E-state index contributed by atoms with van der Waals surface area (Å²) in [6, 6.07) is 17.0. The number of halogens is 7. The summed E-state index contributed by atoms with van der Waals surface area (Å²) in [4.78, 5) is 17.5. The summed E-state index contributed by atoms with van der Waals surface area (Å²) in [7, 11) is 0. The van der Waals surface area contributed by atoms with Crippen LogP contribution in [0.5, 0.6) is 0 Å². The van der Waals surface area contributed by atoms with Gasteiger partial charge >= 0.3 is 0 Å². The normalized spacial score (nSPS) is 14.8. The summed E-state index contributed by atoms with van der Waals surface area (Å²) in [6.45, 7) is 12.0. The number of pyridine rings is 2. The zero-order chi connectivity index (χ0) is 41.3. The molecule has 0 bridgehead atoms. The Hall–Kier alpha value is -4.81. The van der Waals surface area contributed by atoms with Crippen molar-refractivity contribution in [1.82, 2.24) is 39.3 Å². The van der Waals surface area contributed by atoms with Gasteiger partial charge < -0.3 is 9.80 Å². The Labute approximate surface area is 379 Å². The van der Waals surface area contributed by atoms with Crippen LogP contribution in [-0.4, -0.2) is 105 Å². The summed E-state index contributed by atoms with van der Waals surface area (Å²) in [6.07, 6.45) is 15.7. The Bertz CT molecular complexity index is 2350. The van der Waals surface area contributed by atoms with Crippen molar-refractivity contribution in [1.29, 1.82) is 0 Å². The van der Waals surface area contributed by atoms with Gasteiger partial charge in [0.2, 0.25) is 0 Å². The number of aromatic nitrogens is 6. The molecule has 0 radical (unpaired) electrons. The van der Waals surface area contributed by atoms with E-state index in [0.717, 1.165) is 115 Å². The van der Waals surface area contributed by atoms with Crippen molar-refractivity contribution in [2.75, 3.05) is 75.2 Å². The molecule has 10 nitrogen and oxygen atoms in total. The Morgan fingerprint density at radius 3 is 1.49 bits per heavy atom. The van der Waals surface area contributed by atoms with Crippen LogP contribution in [0.1, 0.15) is 22.5 Å². The largest absolute Gasteiger partial charge is 0.369 e. The molecule has 6 heterocycles. The van der Waals surface area contributed by atoms with Gasteiger partial charge in [0.1, 0.15) is 23.3 Å². The highest BCUT2D eigenvalue weighted by Gasteiger charge is 2.19. The topological polar surface area (TPSA) is 74.4 Å². The minimum absolute atomic E-state index is 0. The van der Waals surface area contributed by atoms with E-state index in [1.165, 1.54) is 24.3 Å². The van der Waals surface area contributed by atoms with Crippen LogP contribution in [-0.2, 0) is 0 Å². The second-order valence-corrected chi connectivity index (χ2v) is 15.5. The SMILES string of the molecule is Cc1c(/C=C/CN2CCN(c3cc(F)cc(F)c3)CC2)cnn1-c1ccccn1.Cc1c(/C=C/CN2CCN(c3cc(F)cc(F)c3)CC2)cnn1-c1ncccc1I.Cl.Cl. The van der Waals surface area contributed by atoms with Crippen molar-refractivity contribution < 1.29 is 17.6 Å². The maximum Gasteiger partial charge on any atom is 0.167 e. The third kappa shape index (κ3) is 12.4. The molecule has 2 aromatic carbocycles. The Morgan fingerprint density at radius 2 is 1.03 bits per heavy atom. The fraction of sp³-hybridized carbons (Fsp3) is 0.273. The molecule has 0 saturated carbocycles. The molecule has 322 valence electrons. The van der Waals surface area contributed by atoms with E-state index in [2.05, 4.69) is 76.9 Å². The first-order valence-electron chi connectivity index (χ1n) is 19.4. The lowest BCUT2D eigenvalue weighted by Gasteiger charge is -2.35. The van der Waals surface area contributed by atoms with Crippen LogP contribution in [0.15, 0.2) is 104 Å². The molecule has 8 rings (SSSR count). The second-order valence-electron chi connectivity index (χ2n) is 14.3. The minimum atomic E-state index is -0.535. The molecular formula is C44H47Cl2F4IN10. The van der Waals surface area contributed by atoms with Crippen LogP contribution in [0.25, 0.3) is 23.8 Å². The number of piperazine rings is 2. The lowest BCUT2D eigenvalue weighted by molar-refractivity contribution is 0.284. The molecule has 0 unspecified atom stereocenters. The highest BCUT2D eigenvalue weighted by molar-refractivity contribution is 14.1. The Kier molecular flexibility index (Phi) is 17.3. The first kappa shape index (κ1) is 47.2. The van der Waals surface area contributed by atoms with E-state index in [1.807, 2.05) is 75.7 Å². The van der Waals surface area contributed by atoms with Gasteiger partial charge in [0.05, 0.1) is 27.4 Å². The summed E-state index contributed by atoms with van der Waals surface area (Å²) in [5.41, 5.74) is 5.42. The summed E-state index contributed by atoms with van der Waals surface area (Å²) < 4.78 is 58.5. The lowest BCUT2D eigenvalue weighted by Crippen LogP contribution is -2.46. The maximum absolute atomic E-state index is 13.5. The zero-order valence-electron chi connectivity index (χ0n) is 33.7. The van der Waals surface area contributed by atoms with Gasteiger partial charge in [0.15, 0.2) is 11.6 Å². The number of hydrogen-bond donors (Lipinski definition) is 0. The molecule has 0 N–H and O–H groups in total. The number of rotatable bonds is 10. The van der Waals surface area contributed by atoms with Crippen molar-refractivity contribution >= 4 is 70.9 Å². The highest BCUT2D eigenvalue weighted by Crippen LogP contribution is 2.22. The molecule has 0 aliphatic carbocycles. The molecule has 2 aliphatic heterocycles. The summed E-state index contributed by atoms with van der Waals surface area (Å²) >= 11 is 2.26. The van der Waals surface area contributed by atoms with Crippen LogP contribution in [0.2, 0.25) is 0 Å². The molecule has 6 aromatic rings. The van der Waals surface area contributed by atoms with E-state index in [0.29, 0.717) is 11.4 Å². The van der Waals surface area contributed by atoms with Gasteiger partial charge in [-0.3, -0.25) is 9.80 Å². The van der Waals surface area contributed by atoms with Gasteiger partial charge in [0, 0.05) is 112 Å². The summed E-state index contributed by atoms with van der Waals surface area (Å²) in [5, 5.41) is 8.92. The van der Waals surface area contributed by atoms with E-state index in [1.54, 1.807) is 12.4 Å². The average molecular weight is 990 g/mol. The molecule has 0 amide bonds. The van der Waals surface area contributed by atoms with Gasteiger partial charge in [0.25, 0.3) is 0 Å². The van der Waals surface area contributed by atoms with Crippen molar-refractivity contribution in [3.05, 3.63) is 153 Å². The van der Waals surface area contributed by atoms with Crippen molar-refractivity contribution in [3.63, 3.8) is 0 Å². The van der Waals surface area contributed by atoms with Gasteiger partial charge in [-0.1, -0.05) is 30.4 Å². The van der Waals surface area contributed by atoms with E-state index in [-0.39, 0.29) is 24.8 Å².